The van der Waals surface area contributed by atoms with E-state index in [1.165, 1.54) is 31.8 Å². The molecule has 8 rings (SSSR count). The Hall–Kier alpha value is -4.36. The number of rotatable bonds is 7. The predicted octanol–water partition coefficient (Wildman–Crippen LogP) is 7.11. The van der Waals surface area contributed by atoms with Crippen molar-refractivity contribution < 1.29 is 18.9 Å². The SMILES string of the molecule is c1ccc(P(C2=C(c3c(P(c4ccccc4)c4ccccc4)ccc4c3OCCO4)C3=C(CC2)OCCO3)c2ccccc2)cc1. The van der Waals surface area contributed by atoms with E-state index in [-0.39, 0.29) is 0 Å². The molecule has 0 radical (unpaired) electrons. The molecular formula is C40H34O4P2. The molecule has 5 aromatic carbocycles. The highest BCUT2D eigenvalue weighted by atomic mass is 31.1. The van der Waals surface area contributed by atoms with Gasteiger partial charge in [0.15, 0.2) is 17.3 Å². The number of fused-ring (bicyclic) bond motifs is 1. The van der Waals surface area contributed by atoms with Gasteiger partial charge in [-0.3, -0.25) is 0 Å². The van der Waals surface area contributed by atoms with E-state index in [1.807, 2.05) is 0 Å². The molecule has 0 aromatic heterocycles. The Bertz CT molecular complexity index is 1810. The van der Waals surface area contributed by atoms with E-state index < -0.39 is 15.8 Å². The maximum absolute atomic E-state index is 6.66. The van der Waals surface area contributed by atoms with Crippen LogP contribution in [0.2, 0.25) is 0 Å². The molecule has 1 aliphatic carbocycles. The largest absolute Gasteiger partial charge is 0.490 e. The summed E-state index contributed by atoms with van der Waals surface area (Å²) in [4.78, 5) is 0. The van der Waals surface area contributed by atoms with Gasteiger partial charge in [0.25, 0.3) is 0 Å². The summed E-state index contributed by atoms with van der Waals surface area (Å²) in [6.07, 6.45) is 1.67. The summed E-state index contributed by atoms with van der Waals surface area (Å²) in [5.41, 5.74) is 2.18. The smallest absolute Gasteiger partial charge is 0.169 e. The molecule has 0 bridgehead atoms. The van der Waals surface area contributed by atoms with Crippen LogP contribution in [0.4, 0.5) is 0 Å². The zero-order valence-electron chi connectivity index (χ0n) is 25.5. The van der Waals surface area contributed by atoms with Crippen molar-refractivity contribution in [3.05, 3.63) is 156 Å². The molecule has 0 saturated carbocycles. The van der Waals surface area contributed by atoms with Crippen molar-refractivity contribution in [2.24, 2.45) is 0 Å². The van der Waals surface area contributed by atoms with Crippen molar-refractivity contribution in [1.29, 1.82) is 0 Å². The molecule has 3 aliphatic rings. The molecular weight excluding hydrogens is 606 g/mol. The van der Waals surface area contributed by atoms with E-state index in [9.17, 15) is 0 Å². The highest BCUT2D eigenvalue weighted by molar-refractivity contribution is 7.80. The molecule has 0 N–H and O–H groups in total. The van der Waals surface area contributed by atoms with Crippen molar-refractivity contribution >= 4 is 47.9 Å². The lowest BCUT2D eigenvalue weighted by Gasteiger charge is -2.36. The number of hydrogen-bond acceptors (Lipinski definition) is 4. The lowest BCUT2D eigenvalue weighted by atomic mass is 9.94. The fourth-order valence-corrected chi connectivity index (χ4v) is 11.6. The molecule has 0 atom stereocenters. The Labute approximate surface area is 272 Å². The molecule has 6 heteroatoms. The Morgan fingerprint density at radius 2 is 0.935 bits per heavy atom. The summed E-state index contributed by atoms with van der Waals surface area (Å²) in [5.74, 6) is 3.37. The Morgan fingerprint density at radius 3 is 1.52 bits per heavy atom. The molecule has 0 fully saturated rings. The fourth-order valence-electron chi connectivity index (χ4n) is 6.55. The molecule has 2 aliphatic heterocycles. The summed E-state index contributed by atoms with van der Waals surface area (Å²) >= 11 is 0. The normalized spacial score (nSPS) is 15.8. The lowest BCUT2D eigenvalue weighted by Crippen LogP contribution is -2.28. The molecule has 0 spiro atoms. The molecule has 228 valence electrons. The van der Waals surface area contributed by atoms with Gasteiger partial charge >= 0.3 is 0 Å². The van der Waals surface area contributed by atoms with Gasteiger partial charge in [-0.2, -0.15) is 0 Å². The number of allylic oxidation sites excluding steroid dienone is 3. The van der Waals surface area contributed by atoms with Gasteiger partial charge in [-0.15, -0.1) is 0 Å². The first-order valence-corrected chi connectivity index (χ1v) is 18.5. The summed E-state index contributed by atoms with van der Waals surface area (Å²) in [7, 11) is -1.86. The quantitative estimate of drug-likeness (QED) is 0.178. The molecule has 0 unspecified atom stereocenters. The minimum Gasteiger partial charge on any atom is -0.490 e. The molecule has 2 heterocycles. The van der Waals surface area contributed by atoms with Gasteiger partial charge in [0.05, 0.1) is 0 Å². The van der Waals surface area contributed by atoms with Crippen molar-refractivity contribution in [3.8, 4) is 11.5 Å². The highest BCUT2D eigenvalue weighted by Crippen LogP contribution is 2.57. The Morgan fingerprint density at radius 1 is 0.435 bits per heavy atom. The van der Waals surface area contributed by atoms with Crippen LogP contribution in [-0.4, -0.2) is 26.4 Å². The van der Waals surface area contributed by atoms with E-state index in [2.05, 4.69) is 133 Å². The average Bonchev–Trinajstić information content (AvgIpc) is 3.14. The zero-order chi connectivity index (χ0) is 30.7. The summed E-state index contributed by atoms with van der Waals surface area (Å²) in [6.45, 7) is 2.10. The second-order valence-electron chi connectivity index (χ2n) is 11.3. The minimum absolute atomic E-state index is 0.496. The van der Waals surface area contributed by atoms with Crippen LogP contribution in [0.1, 0.15) is 18.4 Å². The van der Waals surface area contributed by atoms with Crippen molar-refractivity contribution in [3.63, 3.8) is 0 Å². The van der Waals surface area contributed by atoms with Crippen LogP contribution < -0.4 is 36.0 Å². The van der Waals surface area contributed by atoms with Gasteiger partial charge in [-0.1, -0.05) is 121 Å². The van der Waals surface area contributed by atoms with Gasteiger partial charge in [-0.05, 0) is 66.2 Å². The van der Waals surface area contributed by atoms with E-state index in [1.54, 1.807) is 0 Å². The third kappa shape index (κ3) is 5.51. The Kier molecular flexibility index (Phi) is 8.32. The average molecular weight is 641 g/mol. The number of hydrogen-bond donors (Lipinski definition) is 0. The summed E-state index contributed by atoms with van der Waals surface area (Å²) in [5, 5.41) is 7.79. The van der Waals surface area contributed by atoms with Gasteiger partial charge in [0.2, 0.25) is 0 Å². The summed E-state index contributed by atoms with van der Waals surface area (Å²) in [6, 6.07) is 48.0. The highest BCUT2D eigenvalue weighted by Gasteiger charge is 2.38. The standard InChI is InChI=1S/C40H34O4P2/c1-5-13-29(14-6-1)45(30-15-7-2-8-16-30)35-23-21-33-39(43-27-25-41-33)37(35)38-36(24-22-34-40(38)44-28-26-42-34)46(31-17-9-3-10-18-31)32-19-11-4-12-20-32/h1-21,23H,22,24-28H2. The van der Waals surface area contributed by atoms with Gasteiger partial charge in [0.1, 0.15) is 32.2 Å². The Balaban J connectivity index is 1.47. The molecule has 4 nitrogen and oxygen atoms in total. The first-order valence-electron chi connectivity index (χ1n) is 15.8. The number of ether oxygens (including phenoxy) is 4. The monoisotopic (exact) mass is 640 g/mol. The van der Waals surface area contributed by atoms with Gasteiger partial charge in [-0.25, -0.2) is 0 Å². The molecule has 0 saturated heterocycles. The van der Waals surface area contributed by atoms with Crippen LogP contribution >= 0.6 is 15.8 Å². The maximum atomic E-state index is 6.66. The summed E-state index contributed by atoms with van der Waals surface area (Å²) < 4.78 is 25.9. The van der Waals surface area contributed by atoms with E-state index >= 15 is 0 Å². The second-order valence-corrected chi connectivity index (χ2v) is 15.7. The molecule has 5 aromatic rings. The van der Waals surface area contributed by atoms with Crippen molar-refractivity contribution in [2.45, 2.75) is 12.8 Å². The van der Waals surface area contributed by atoms with Crippen LogP contribution in [0.3, 0.4) is 0 Å². The van der Waals surface area contributed by atoms with Crippen molar-refractivity contribution in [1.82, 2.24) is 0 Å². The third-order valence-electron chi connectivity index (χ3n) is 8.47. The van der Waals surface area contributed by atoms with Crippen LogP contribution in [0.5, 0.6) is 11.5 Å². The first-order chi connectivity index (χ1) is 22.9. The minimum atomic E-state index is -0.960. The van der Waals surface area contributed by atoms with Crippen LogP contribution in [0, 0.1) is 0 Å². The van der Waals surface area contributed by atoms with E-state index in [4.69, 9.17) is 18.9 Å². The maximum Gasteiger partial charge on any atom is 0.169 e. The van der Waals surface area contributed by atoms with E-state index in [0.29, 0.717) is 26.4 Å². The van der Waals surface area contributed by atoms with Gasteiger partial charge < -0.3 is 18.9 Å². The third-order valence-corrected chi connectivity index (χ3v) is 13.6. The van der Waals surface area contributed by atoms with E-state index in [0.717, 1.165) is 47.0 Å². The zero-order valence-corrected chi connectivity index (χ0v) is 27.3. The number of benzene rings is 5. The fraction of sp³-hybridized carbons (Fsp3) is 0.150. The van der Waals surface area contributed by atoms with Gasteiger partial charge in [0, 0.05) is 17.6 Å². The van der Waals surface area contributed by atoms with Crippen LogP contribution in [0.15, 0.2) is 150 Å². The second kappa shape index (κ2) is 13.2. The topological polar surface area (TPSA) is 36.9 Å². The molecule has 46 heavy (non-hydrogen) atoms. The predicted molar refractivity (Wildman–Crippen MR) is 190 cm³/mol. The van der Waals surface area contributed by atoms with Crippen LogP contribution in [0.25, 0.3) is 5.57 Å². The van der Waals surface area contributed by atoms with Crippen LogP contribution in [-0.2, 0) is 9.47 Å². The first kappa shape index (κ1) is 29.1. The lowest BCUT2D eigenvalue weighted by molar-refractivity contribution is 0.0650. The van der Waals surface area contributed by atoms with Crippen molar-refractivity contribution in [2.75, 3.05) is 26.4 Å². The molecule has 0 amide bonds.